The summed E-state index contributed by atoms with van der Waals surface area (Å²) in [5.74, 6) is -2.32. The molecule has 0 spiro atoms. The minimum Gasteiger partial charge on any atom is -0.385 e. The molecule has 30 heavy (non-hydrogen) atoms. The third-order valence-electron chi connectivity index (χ3n) is 5.25. The topological polar surface area (TPSA) is 90.9 Å². The van der Waals surface area contributed by atoms with E-state index in [0.29, 0.717) is 25.9 Å². The molecule has 0 saturated carbocycles. The van der Waals surface area contributed by atoms with Crippen molar-refractivity contribution in [1.82, 2.24) is 15.5 Å². The molecule has 4 N–H and O–H groups in total. The van der Waals surface area contributed by atoms with Crippen molar-refractivity contribution in [3.8, 4) is 0 Å². The predicted octanol–water partition coefficient (Wildman–Crippen LogP) is 3.59. The van der Waals surface area contributed by atoms with E-state index in [9.17, 15) is 26.3 Å². The molecule has 164 valence electrons. The van der Waals surface area contributed by atoms with Crippen LogP contribution in [0.25, 0.3) is 0 Å². The number of aromatic nitrogens is 2. The first kappa shape index (κ1) is 21.9. The van der Waals surface area contributed by atoms with Crippen LogP contribution in [0.1, 0.15) is 25.0 Å². The van der Waals surface area contributed by atoms with Crippen LogP contribution < -0.4 is 16.0 Å². The molecule has 2 aliphatic heterocycles. The lowest BCUT2D eigenvalue weighted by molar-refractivity contribution is -0.163. The highest BCUT2D eigenvalue weighted by Gasteiger charge is 2.47. The first-order valence-corrected chi connectivity index (χ1v) is 9.13. The Morgan fingerprint density at radius 2 is 1.77 bits per heavy atom. The summed E-state index contributed by atoms with van der Waals surface area (Å²) in [6.45, 7) is 4.15. The van der Waals surface area contributed by atoms with Crippen LogP contribution in [0.15, 0.2) is 35.8 Å². The van der Waals surface area contributed by atoms with E-state index in [2.05, 4.69) is 22.1 Å². The quantitative estimate of drug-likeness (QED) is 0.500. The van der Waals surface area contributed by atoms with Gasteiger partial charge in [-0.15, -0.1) is 10.2 Å². The molecular formula is C18H20F6N6. The third-order valence-corrected chi connectivity index (χ3v) is 5.25. The third kappa shape index (κ3) is 4.51. The van der Waals surface area contributed by atoms with Gasteiger partial charge in [-0.05, 0) is 25.0 Å². The number of hydrogen-bond donors (Lipinski definition) is 3. The predicted molar refractivity (Wildman–Crippen MR) is 97.3 cm³/mol. The van der Waals surface area contributed by atoms with Crippen LogP contribution >= 0.6 is 0 Å². The van der Waals surface area contributed by atoms with Gasteiger partial charge >= 0.3 is 12.4 Å². The van der Waals surface area contributed by atoms with Crippen molar-refractivity contribution in [3.05, 3.63) is 41.5 Å². The molecule has 3 rings (SSSR count). The van der Waals surface area contributed by atoms with Gasteiger partial charge in [0.05, 0.1) is 5.92 Å². The normalized spacial score (nSPS) is 21.6. The van der Waals surface area contributed by atoms with Gasteiger partial charge in [-0.2, -0.15) is 26.3 Å². The molecule has 3 heterocycles. The zero-order valence-electron chi connectivity index (χ0n) is 15.7. The summed E-state index contributed by atoms with van der Waals surface area (Å²) in [5.41, 5.74) is 4.38. The maximum Gasteiger partial charge on any atom is 0.435 e. The number of nitrogens with two attached hydrogens (primary N) is 1. The highest BCUT2D eigenvalue weighted by atomic mass is 19.4. The minimum atomic E-state index is -4.59. The lowest BCUT2D eigenvalue weighted by Gasteiger charge is -2.36. The molecule has 1 aromatic rings. The number of nitrogens with one attached hydrogen (secondary N) is 2. The Hall–Kier alpha value is -2.79. The lowest BCUT2D eigenvalue weighted by Crippen LogP contribution is -2.43. The Labute approximate surface area is 168 Å². The van der Waals surface area contributed by atoms with Crippen molar-refractivity contribution in [2.24, 2.45) is 17.6 Å². The molecule has 1 unspecified atom stereocenters. The van der Waals surface area contributed by atoms with E-state index in [1.165, 1.54) is 6.07 Å². The van der Waals surface area contributed by atoms with Crippen molar-refractivity contribution < 1.29 is 26.3 Å². The summed E-state index contributed by atoms with van der Waals surface area (Å²) in [6, 6.07) is 2.04. The fraction of sp³-hybridized carbons (Fsp3) is 0.500. The van der Waals surface area contributed by atoms with Crippen LogP contribution in [-0.2, 0) is 6.18 Å². The molecule has 1 aromatic heterocycles. The zero-order valence-corrected chi connectivity index (χ0v) is 15.7. The SMILES string of the molecule is C=C1CC(C(F)(F)F)C(C(=N)C2CCN(c3ccc(C(F)(F)F)nn3)CC2)=C(N)N1. The Morgan fingerprint density at radius 3 is 2.27 bits per heavy atom. The standard InChI is InChI=1S/C18H20F6N6/c1-9-8-11(17(19,20)21)14(16(26)27-9)15(25)10-4-6-30(7-5-10)13-3-2-12(28-29-13)18(22,23)24/h2-3,10-11,25,27H,1,4-8,26H2. The van der Waals surface area contributed by atoms with Gasteiger partial charge in [-0.25, -0.2) is 0 Å². The number of hydrogen-bond acceptors (Lipinski definition) is 6. The largest absolute Gasteiger partial charge is 0.435 e. The lowest BCUT2D eigenvalue weighted by atomic mass is 9.80. The second kappa shape index (κ2) is 7.80. The first-order chi connectivity index (χ1) is 13.9. The van der Waals surface area contributed by atoms with Crippen LogP contribution in [0.4, 0.5) is 32.2 Å². The van der Waals surface area contributed by atoms with Crippen LogP contribution in [0.5, 0.6) is 0 Å². The Kier molecular flexibility index (Phi) is 5.70. The Morgan fingerprint density at radius 1 is 1.13 bits per heavy atom. The summed E-state index contributed by atoms with van der Waals surface area (Å²) < 4.78 is 78.3. The molecule has 0 bridgehead atoms. The molecule has 1 fully saturated rings. The van der Waals surface area contributed by atoms with E-state index in [1.54, 1.807) is 4.90 Å². The highest BCUT2D eigenvalue weighted by molar-refractivity contribution is 6.01. The molecule has 2 aliphatic rings. The van der Waals surface area contributed by atoms with Crippen LogP contribution in [0.2, 0.25) is 0 Å². The number of anilines is 1. The van der Waals surface area contributed by atoms with Crippen molar-refractivity contribution >= 4 is 11.5 Å². The molecule has 0 aliphatic carbocycles. The Bertz CT molecular complexity index is 849. The summed E-state index contributed by atoms with van der Waals surface area (Å²) in [5, 5.41) is 17.8. The van der Waals surface area contributed by atoms with Gasteiger partial charge in [-0.3, -0.25) is 0 Å². The smallest absolute Gasteiger partial charge is 0.385 e. The maximum absolute atomic E-state index is 13.5. The summed E-state index contributed by atoms with van der Waals surface area (Å²) >= 11 is 0. The number of nitrogens with zero attached hydrogens (tertiary/aromatic N) is 3. The van der Waals surface area contributed by atoms with E-state index in [1.807, 2.05) is 0 Å². The molecule has 0 aromatic carbocycles. The zero-order chi connectivity index (χ0) is 22.3. The number of rotatable bonds is 3. The summed E-state index contributed by atoms with van der Waals surface area (Å²) in [4.78, 5) is 1.69. The van der Waals surface area contributed by atoms with Crippen LogP contribution in [0, 0.1) is 17.2 Å². The number of allylic oxidation sites excluding steroid dienone is 2. The van der Waals surface area contributed by atoms with Crippen LogP contribution in [0.3, 0.4) is 0 Å². The molecule has 6 nitrogen and oxygen atoms in total. The fourth-order valence-electron chi connectivity index (χ4n) is 3.72. The highest BCUT2D eigenvalue weighted by Crippen LogP contribution is 2.41. The van der Waals surface area contributed by atoms with Crippen molar-refractivity contribution in [3.63, 3.8) is 0 Å². The van der Waals surface area contributed by atoms with Crippen LogP contribution in [-0.4, -0.2) is 35.2 Å². The van der Waals surface area contributed by atoms with Gasteiger partial charge in [0.25, 0.3) is 0 Å². The first-order valence-electron chi connectivity index (χ1n) is 9.13. The molecule has 0 amide bonds. The average molecular weight is 434 g/mol. The summed E-state index contributed by atoms with van der Waals surface area (Å²) in [7, 11) is 0. The summed E-state index contributed by atoms with van der Waals surface area (Å²) in [6.07, 6.45) is -8.86. The fourth-order valence-corrected chi connectivity index (χ4v) is 3.72. The molecule has 1 saturated heterocycles. The van der Waals surface area contributed by atoms with E-state index < -0.39 is 29.9 Å². The van der Waals surface area contributed by atoms with Crippen molar-refractivity contribution in [1.29, 1.82) is 5.41 Å². The molecule has 12 heteroatoms. The van der Waals surface area contributed by atoms with Gasteiger partial charge in [0.2, 0.25) is 0 Å². The number of alkyl halides is 6. The van der Waals surface area contributed by atoms with E-state index >= 15 is 0 Å². The van der Waals surface area contributed by atoms with Crippen molar-refractivity contribution in [2.75, 3.05) is 18.0 Å². The molecule has 1 atom stereocenters. The molecular weight excluding hydrogens is 414 g/mol. The van der Waals surface area contributed by atoms with E-state index in [0.717, 1.165) is 6.07 Å². The van der Waals surface area contributed by atoms with Crippen molar-refractivity contribution in [2.45, 2.75) is 31.6 Å². The van der Waals surface area contributed by atoms with Gasteiger partial charge in [0.15, 0.2) is 11.5 Å². The average Bonchev–Trinajstić information content (AvgIpc) is 2.66. The maximum atomic E-state index is 13.5. The van der Waals surface area contributed by atoms with Gasteiger partial charge in [-0.1, -0.05) is 6.58 Å². The van der Waals surface area contributed by atoms with E-state index in [-0.39, 0.29) is 35.0 Å². The van der Waals surface area contributed by atoms with E-state index in [4.69, 9.17) is 11.1 Å². The second-order valence-corrected chi connectivity index (χ2v) is 7.30. The number of halogens is 6. The van der Waals surface area contributed by atoms with Gasteiger partial charge in [0.1, 0.15) is 5.82 Å². The number of piperidine rings is 1. The van der Waals surface area contributed by atoms with Gasteiger partial charge < -0.3 is 21.4 Å². The molecule has 0 radical (unpaired) electrons. The second-order valence-electron chi connectivity index (χ2n) is 7.30. The monoisotopic (exact) mass is 434 g/mol. The Balaban J connectivity index is 1.70. The minimum absolute atomic E-state index is 0.141. The van der Waals surface area contributed by atoms with Gasteiger partial charge in [0, 0.05) is 42.4 Å².